The fourth-order valence-electron chi connectivity index (χ4n) is 3.04. The average molecular weight is 322 g/mol. The van der Waals surface area contributed by atoms with E-state index in [2.05, 4.69) is 10.6 Å². The van der Waals surface area contributed by atoms with Crippen LogP contribution in [-0.4, -0.2) is 11.8 Å². The minimum Gasteiger partial charge on any atom is -0.326 e. The van der Waals surface area contributed by atoms with Crippen LogP contribution in [0.5, 0.6) is 0 Å². The minimum absolute atomic E-state index is 0.107. The highest BCUT2D eigenvalue weighted by atomic mass is 16.2. The van der Waals surface area contributed by atoms with Gasteiger partial charge < -0.3 is 10.6 Å². The maximum atomic E-state index is 12.2. The molecule has 4 heteroatoms. The Kier molecular flexibility index (Phi) is 5.26. The Morgan fingerprint density at radius 3 is 1.96 bits per heavy atom. The van der Waals surface area contributed by atoms with Crippen molar-refractivity contribution in [2.24, 2.45) is 5.92 Å². The van der Waals surface area contributed by atoms with Crippen LogP contribution in [0.1, 0.15) is 42.5 Å². The molecule has 1 aliphatic carbocycles. The van der Waals surface area contributed by atoms with E-state index in [9.17, 15) is 9.59 Å². The van der Waals surface area contributed by atoms with Crippen LogP contribution in [0.15, 0.2) is 54.6 Å². The zero-order valence-electron chi connectivity index (χ0n) is 13.6. The molecule has 2 aromatic rings. The molecule has 24 heavy (non-hydrogen) atoms. The first-order valence-electron chi connectivity index (χ1n) is 8.50. The van der Waals surface area contributed by atoms with Crippen molar-refractivity contribution in [3.05, 3.63) is 60.2 Å². The summed E-state index contributed by atoms with van der Waals surface area (Å²) in [5.74, 6) is 0.0987. The Balaban J connectivity index is 1.57. The van der Waals surface area contributed by atoms with E-state index in [4.69, 9.17) is 0 Å². The summed E-state index contributed by atoms with van der Waals surface area (Å²) in [5, 5.41) is 5.82. The van der Waals surface area contributed by atoms with Crippen molar-refractivity contribution in [2.45, 2.75) is 32.1 Å². The zero-order valence-corrected chi connectivity index (χ0v) is 13.6. The van der Waals surface area contributed by atoms with Gasteiger partial charge in [0, 0.05) is 22.9 Å². The third-order valence-corrected chi connectivity index (χ3v) is 4.42. The largest absolute Gasteiger partial charge is 0.326 e. The van der Waals surface area contributed by atoms with Gasteiger partial charge in [-0.3, -0.25) is 9.59 Å². The summed E-state index contributed by atoms with van der Waals surface area (Å²) in [6, 6.07) is 16.3. The van der Waals surface area contributed by atoms with Gasteiger partial charge in [-0.1, -0.05) is 37.5 Å². The van der Waals surface area contributed by atoms with Gasteiger partial charge in [0.1, 0.15) is 0 Å². The summed E-state index contributed by atoms with van der Waals surface area (Å²) in [6.45, 7) is 0. The van der Waals surface area contributed by atoms with Gasteiger partial charge in [-0.2, -0.15) is 0 Å². The molecular weight excluding hydrogens is 300 g/mol. The molecule has 0 heterocycles. The van der Waals surface area contributed by atoms with Gasteiger partial charge in [0.15, 0.2) is 0 Å². The van der Waals surface area contributed by atoms with E-state index in [-0.39, 0.29) is 17.7 Å². The second-order valence-corrected chi connectivity index (χ2v) is 6.22. The van der Waals surface area contributed by atoms with Gasteiger partial charge in [0.05, 0.1) is 0 Å². The molecule has 0 radical (unpaired) electrons. The SMILES string of the molecule is O=C(Nc1ccc(NC(=O)C2CCCCC2)cc1)c1ccccc1. The number of benzene rings is 2. The first-order valence-corrected chi connectivity index (χ1v) is 8.50. The van der Waals surface area contributed by atoms with Gasteiger partial charge in [-0.15, -0.1) is 0 Å². The molecule has 0 aliphatic heterocycles. The quantitative estimate of drug-likeness (QED) is 0.873. The van der Waals surface area contributed by atoms with Crippen molar-refractivity contribution < 1.29 is 9.59 Å². The van der Waals surface area contributed by atoms with Crippen molar-refractivity contribution >= 4 is 23.2 Å². The van der Waals surface area contributed by atoms with Crippen molar-refractivity contribution in [3.63, 3.8) is 0 Å². The maximum Gasteiger partial charge on any atom is 0.255 e. The number of hydrogen-bond donors (Lipinski definition) is 2. The Morgan fingerprint density at radius 1 is 0.750 bits per heavy atom. The van der Waals surface area contributed by atoms with Crippen LogP contribution in [0.4, 0.5) is 11.4 Å². The third kappa shape index (κ3) is 4.22. The Bertz CT molecular complexity index is 689. The van der Waals surface area contributed by atoms with Gasteiger partial charge >= 0.3 is 0 Å². The van der Waals surface area contributed by atoms with Gasteiger partial charge in [-0.05, 0) is 49.2 Å². The number of amides is 2. The molecule has 1 fully saturated rings. The smallest absolute Gasteiger partial charge is 0.255 e. The lowest BCUT2D eigenvalue weighted by molar-refractivity contribution is -0.120. The molecule has 0 atom stereocenters. The summed E-state index contributed by atoms with van der Waals surface area (Å²) < 4.78 is 0. The number of hydrogen-bond acceptors (Lipinski definition) is 2. The minimum atomic E-state index is -0.144. The van der Waals surface area contributed by atoms with Gasteiger partial charge in [0.25, 0.3) is 5.91 Å². The molecule has 0 unspecified atom stereocenters. The molecular formula is C20H22N2O2. The topological polar surface area (TPSA) is 58.2 Å². The molecule has 0 aromatic heterocycles. The van der Waals surface area contributed by atoms with Crippen LogP contribution < -0.4 is 10.6 Å². The summed E-state index contributed by atoms with van der Waals surface area (Å²) in [6.07, 6.45) is 5.48. The van der Waals surface area contributed by atoms with Crippen LogP contribution in [0.2, 0.25) is 0 Å². The first kappa shape index (κ1) is 16.2. The predicted molar refractivity (Wildman–Crippen MR) is 96.0 cm³/mol. The monoisotopic (exact) mass is 322 g/mol. The van der Waals surface area contributed by atoms with Crippen LogP contribution in [-0.2, 0) is 4.79 Å². The van der Waals surface area contributed by atoms with Crippen LogP contribution >= 0.6 is 0 Å². The maximum absolute atomic E-state index is 12.2. The van der Waals surface area contributed by atoms with E-state index in [1.807, 2.05) is 30.3 Å². The van der Waals surface area contributed by atoms with E-state index in [1.165, 1.54) is 6.42 Å². The highest BCUT2D eigenvalue weighted by molar-refractivity contribution is 6.04. The summed E-state index contributed by atoms with van der Waals surface area (Å²) in [5.41, 5.74) is 2.09. The number of rotatable bonds is 4. The van der Waals surface area contributed by atoms with Crippen LogP contribution in [0.25, 0.3) is 0 Å². The van der Waals surface area contributed by atoms with E-state index in [0.717, 1.165) is 31.4 Å². The lowest BCUT2D eigenvalue weighted by Crippen LogP contribution is -2.24. The number of nitrogens with one attached hydrogen (secondary N) is 2. The van der Waals surface area contributed by atoms with Crippen molar-refractivity contribution in [3.8, 4) is 0 Å². The Hall–Kier alpha value is -2.62. The van der Waals surface area contributed by atoms with Crippen LogP contribution in [0, 0.1) is 5.92 Å². The molecule has 0 saturated heterocycles. The molecule has 2 N–H and O–H groups in total. The van der Waals surface area contributed by atoms with E-state index in [0.29, 0.717) is 11.3 Å². The molecule has 0 bridgehead atoms. The van der Waals surface area contributed by atoms with Crippen molar-refractivity contribution in [2.75, 3.05) is 10.6 Å². The van der Waals surface area contributed by atoms with E-state index in [1.54, 1.807) is 24.3 Å². The molecule has 2 amide bonds. The number of carbonyl (C=O) groups excluding carboxylic acids is 2. The Morgan fingerprint density at radius 2 is 1.33 bits per heavy atom. The first-order chi connectivity index (χ1) is 11.7. The lowest BCUT2D eigenvalue weighted by Gasteiger charge is -2.20. The molecule has 4 nitrogen and oxygen atoms in total. The summed E-state index contributed by atoms with van der Waals surface area (Å²) in [4.78, 5) is 24.3. The summed E-state index contributed by atoms with van der Waals surface area (Å²) in [7, 11) is 0. The van der Waals surface area contributed by atoms with Gasteiger partial charge in [-0.25, -0.2) is 0 Å². The normalized spacial score (nSPS) is 14.8. The second kappa shape index (κ2) is 7.77. The average Bonchev–Trinajstić information content (AvgIpc) is 2.65. The molecule has 2 aromatic carbocycles. The standard InChI is InChI=1S/C20H22N2O2/c23-19(15-7-3-1-4-8-15)21-17-11-13-18(14-12-17)22-20(24)16-9-5-2-6-10-16/h1,3-4,7-8,11-14,16H,2,5-6,9-10H2,(H,21,23)(H,22,24). The highest BCUT2D eigenvalue weighted by Gasteiger charge is 2.20. The predicted octanol–water partition coefficient (Wildman–Crippen LogP) is 4.46. The highest BCUT2D eigenvalue weighted by Crippen LogP contribution is 2.25. The second-order valence-electron chi connectivity index (χ2n) is 6.22. The number of carbonyl (C=O) groups is 2. The van der Waals surface area contributed by atoms with Crippen molar-refractivity contribution in [1.29, 1.82) is 0 Å². The fraction of sp³-hybridized carbons (Fsp3) is 0.300. The van der Waals surface area contributed by atoms with Crippen molar-refractivity contribution in [1.82, 2.24) is 0 Å². The molecule has 0 spiro atoms. The van der Waals surface area contributed by atoms with Gasteiger partial charge in [0.2, 0.25) is 5.91 Å². The molecule has 1 aliphatic rings. The van der Waals surface area contributed by atoms with Crippen LogP contribution in [0.3, 0.4) is 0 Å². The fourth-order valence-corrected chi connectivity index (χ4v) is 3.04. The Labute approximate surface area is 142 Å². The summed E-state index contributed by atoms with van der Waals surface area (Å²) >= 11 is 0. The zero-order chi connectivity index (χ0) is 16.8. The molecule has 3 rings (SSSR count). The van der Waals surface area contributed by atoms with E-state index >= 15 is 0 Å². The number of anilines is 2. The third-order valence-electron chi connectivity index (χ3n) is 4.42. The molecule has 1 saturated carbocycles. The van der Waals surface area contributed by atoms with E-state index < -0.39 is 0 Å². The lowest BCUT2D eigenvalue weighted by atomic mass is 9.88. The molecule has 124 valence electrons.